The van der Waals surface area contributed by atoms with Crippen molar-refractivity contribution < 1.29 is 9.59 Å². The number of hydrogen-bond donors (Lipinski definition) is 0. The molecule has 0 unspecified atom stereocenters. The second kappa shape index (κ2) is 7.37. The van der Waals surface area contributed by atoms with Crippen LogP contribution < -0.4 is 0 Å². The number of piperazine rings is 1. The molecule has 28 heavy (non-hydrogen) atoms. The van der Waals surface area contributed by atoms with Crippen molar-refractivity contribution in [2.45, 2.75) is 6.92 Å². The van der Waals surface area contributed by atoms with Crippen LogP contribution in [-0.4, -0.2) is 67.6 Å². The van der Waals surface area contributed by atoms with Crippen molar-refractivity contribution in [3.8, 4) is 11.1 Å². The number of amides is 2. The zero-order valence-corrected chi connectivity index (χ0v) is 16.5. The van der Waals surface area contributed by atoms with Crippen LogP contribution in [0.4, 0.5) is 0 Å². The topological polar surface area (TPSA) is 83.7 Å². The normalized spacial score (nSPS) is 14.5. The summed E-state index contributed by atoms with van der Waals surface area (Å²) in [5, 5.41) is 13.3. The molecule has 4 rings (SSSR count). The zero-order chi connectivity index (χ0) is 19.8. The van der Waals surface area contributed by atoms with Crippen LogP contribution in [0.15, 0.2) is 30.6 Å². The van der Waals surface area contributed by atoms with Gasteiger partial charge in [-0.25, -0.2) is 0 Å². The van der Waals surface area contributed by atoms with Gasteiger partial charge >= 0.3 is 0 Å². The summed E-state index contributed by atoms with van der Waals surface area (Å²) in [7, 11) is 0. The fourth-order valence-corrected chi connectivity index (χ4v) is 3.77. The lowest BCUT2D eigenvalue weighted by atomic mass is 10.1. The van der Waals surface area contributed by atoms with Crippen LogP contribution in [0, 0.1) is 0 Å². The summed E-state index contributed by atoms with van der Waals surface area (Å²) < 4.78 is 1.46. The van der Waals surface area contributed by atoms with Crippen molar-refractivity contribution in [2.75, 3.05) is 26.2 Å². The summed E-state index contributed by atoms with van der Waals surface area (Å²) in [4.78, 5) is 27.9. The Hall–Kier alpha value is -2.71. The maximum atomic E-state index is 13.0. The maximum absolute atomic E-state index is 13.0. The molecular weight excluding hydrogens is 403 g/mol. The van der Waals surface area contributed by atoms with Crippen molar-refractivity contribution in [3.63, 3.8) is 0 Å². The van der Waals surface area contributed by atoms with Crippen molar-refractivity contribution in [2.24, 2.45) is 0 Å². The Morgan fingerprint density at radius 1 is 0.964 bits per heavy atom. The number of benzene rings is 1. The minimum absolute atomic E-state index is 0.0104. The van der Waals surface area contributed by atoms with E-state index < -0.39 is 0 Å². The van der Waals surface area contributed by atoms with E-state index in [-0.39, 0.29) is 17.5 Å². The minimum atomic E-state index is -0.215. The smallest absolute Gasteiger partial charge is 0.274 e. The maximum Gasteiger partial charge on any atom is 0.274 e. The zero-order valence-electron chi connectivity index (χ0n) is 15.0. The Morgan fingerprint density at radius 3 is 2.25 bits per heavy atom. The van der Waals surface area contributed by atoms with Gasteiger partial charge in [0.25, 0.3) is 5.91 Å². The van der Waals surface area contributed by atoms with Crippen LogP contribution in [-0.2, 0) is 4.79 Å². The van der Waals surface area contributed by atoms with E-state index >= 15 is 0 Å². The Morgan fingerprint density at radius 2 is 1.61 bits per heavy atom. The number of fused-ring (bicyclic) bond motifs is 1. The molecule has 1 aliphatic heterocycles. The summed E-state index contributed by atoms with van der Waals surface area (Å²) in [6.07, 6.45) is 1.44. The number of nitrogens with zero attached hydrogens (tertiary/aromatic N) is 6. The van der Waals surface area contributed by atoms with E-state index in [1.165, 1.54) is 17.8 Å². The molecule has 0 bridgehead atoms. The Kier molecular flexibility index (Phi) is 4.91. The summed E-state index contributed by atoms with van der Waals surface area (Å²) in [6, 6.07) is 6.80. The van der Waals surface area contributed by atoms with Gasteiger partial charge in [0.05, 0.1) is 0 Å². The first kappa shape index (κ1) is 18.6. The second-order valence-corrected chi connectivity index (χ2v) is 7.37. The summed E-state index contributed by atoms with van der Waals surface area (Å²) in [5.41, 5.74) is 2.13. The van der Waals surface area contributed by atoms with E-state index in [4.69, 9.17) is 23.2 Å². The van der Waals surface area contributed by atoms with Gasteiger partial charge in [-0.2, -0.15) is 9.61 Å². The van der Waals surface area contributed by atoms with Gasteiger partial charge in [0, 0.05) is 48.7 Å². The second-order valence-electron chi connectivity index (χ2n) is 6.50. The Bertz CT molecular complexity index is 1050. The predicted octanol–water partition coefficient (Wildman–Crippen LogP) is 2.40. The van der Waals surface area contributed by atoms with E-state index in [9.17, 15) is 9.59 Å². The molecule has 1 saturated heterocycles. The molecule has 0 N–H and O–H groups in total. The third-order valence-corrected chi connectivity index (χ3v) is 5.11. The number of hydrogen-bond acceptors (Lipinski definition) is 5. The monoisotopic (exact) mass is 418 g/mol. The molecule has 144 valence electrons. The van der Waals surface area contributed by atoms with E-state index in [0.717, 1.165) is 0 Å². The van der Waals surface area contributed by atoms with Crippen LogP contribution in [0.25, 0.3) is 16.8 Å². The highest BCUT2D eigenvalue weighted by Gasteiger charge is 2.25. The van der Waals surface area contributed by atoms with Gasteiger partial charge in [0.1, 0.15) is 12.0 Å². The van der Waals surface area contributed by atoms with Crippen molar-refractivity contribution >= 4 is 40.7 Å². The van der Waals surface area contributed by atoms with Gasteiger partial charge in [-0.3, -0.25) is 9.59 Å². The molecule has 1 aromatic carbocycles. The number of aromatic nitrogens is 4. The summed E-state index contributed by atoms with van der Waals surface area (Å²) in [6.45, 7) is 3.46. The molecule has 8 nitrogen and oxygen atoms in total. The average molecular weight is 419 g/mol. The molecule has 3 aromatic rings. The molecule has 0 atom stereocenters. The van der Waals surface area contributed by atoms with Gasteiger partial charge in [-0.15, -0.1) is 10.2 Å². The standard InChI is InChI=1S/C18H16Cl2N6O2/c1-11(27)24-2-4-25(5-3-24)18(28)16-9-15(17-22-21-10-26(17)23-16)12-6-13(19)8-14(20)7-12/h6-10H,2-5H2,1H3. The number of carbonyl (C=O) groups excluding carboxylic acids is 2. The van der Waals surface area contributed by atoms with Crippen molar-refractivity contribution in [3.05, 3.63) is 46.3 Å². The molecular formula is C18H16Cl2N6O2. The van der Waals surface area contributed by atoms with Gasteiger partial charge in [0.15, 0.2) is 5.65 Å². The Labute approximate surface area is 170 Å². The first-order valence-electron chi connectivity index (χ1n) is 8.64. The van der Waals surface area contributed by atoms with Gasteiger partial charge in [0.2, 0.25) is 5.91 Å². The first-order valence-corrected chi connectivity index (χ1v) is 9.40. The molecule has 1 fully saturated rings. The Balaban J connectivity index is 1.71. The predicted molar refractivity (Wildman–Crippen MR) is 104 cm³/mol. The van der Waals surface area contributed by atoms with E-state index in [1.54, 1.807) is 34.1 Å². The van der Waals surface area contributed by atoms with Crippen LogP contribution in [0.5, 0.6) is 0 Å². The summed E-state index contributed by atoms with van der Waals surface area (Å²) in [5.74, 6) is -0.204. The van der Waals surface area contributed by atoms with E-state index in [2.05, 4.69) is 15.3 Å². The van der Waals surface area contributed by atoms with Crippen molar-refractivity contribution in [1.82, 2.24) is 29.6 Å². The van der Waals surface area contributed by atoms with Crippen LogP contribution in [0.2, 0.25) is 10.0 Å². The highest BCUT2D eigenvalue weighted by molar-refractivity contribution is 6.35. The minimum Gasteiger partial charge on any atom is -0.339 e. The number of halogens is 2. The van der Waals surface area contributed by atoms with Crippen LogP contribution in [0.3, 0.4) is 0 Å². The van der Waals surface area contributed by atoms with Crippen LogP contribution in [0.1, 0.15) is 17.4 Å². The quantitative estimate of drug-likeness (QED) is 0.637. The van der Waals surface area contributed by atoms with E-state index in [1.807, 2.05) is 0 Å². The van der Waals surface area contributed by atoms with Gasteiger partial charge < -0.3 is 9.80 Å². The fourth-order valence-electron chi connectivity index (χ4n) is 3.24. The largest absolute Gasteiger partial charge is 0.339 e. The highest BCUT2D eigenvalue weighted by atomic mass is 35.5. The molecule has 10 heteroatoms. The lowest BCUT2D eigenvalue weighted by Crippen LogP contribution is -2.50. The third kappa shape index (κ3) is 3.53. The molecule has 2 aromatic heterocycles. The summed E-state index contributed by atoms with van der Waals surface area (Å²) >= 11 is 12.3. The molecule has 3 heterocycles. The lowest BCUT2D eigenvalue weighted by molar-refractivity contribution is -0.130. The van der Waals surface area contributed by atoms with Gasteiger partial charge in [-0.05, 0) is 29.8 Å². The fraction of sp³-hybridized carbons (Fsp3) is 0.278. The first-order chi connectivity index (χ1) is 13.4. The van der Waals surface area contributed by atoms with E-state index in [0.29, 0.717) is 53.0 Å². The molecule has 1 aliphatic rings. The average Bonchev–Trinajstić information content (AvgIpc) is 3.14. The highest BCUT2D eigenvalue weighted by Crippen LogP contribution is 2.30. The number of carbonyl (C=O) groups is 2. The van der Waals surface area contributed by atoms with Gasteiger partial charge in [-0.1, -0.05) is 23.2 Å². The number of rotatable bonds is 2. The molecule has 0 radical (unpaired) electrons. The van der Waals surface area contributed by atoms with Crippen molar-refractivity contribution in [1.29, 1.82) is 0 Å². The lowest BCUT2D eigenvalue weighted by Gasteiger charge is -2.34. The molecule has 0 saturated carbocycles. The molecule has 0 spiro atoms. The third-order valence-electron chi connectivity index (χ3n) is 4.67. The van der Waals surface area contributed by atoms with Crippen LogP contribution >= 0.6 is 23.2 Å². The molecule has 0 aliphatic carbocycles. The molecule has 2 amide bonds. The SMILES string of the molecule is CC(=O)N1CCN(C(=O)c2cc(-c3cc(Cl)cc(Cl)c3)c3nncn3n2)CC1.